The summed E-state index contributed by atoms with van der Waals surface area (Å²) in [7, 11) is 0. The number of benzene rings is 5. The van der Waals surface area contributed by atoms with Crippen molar-refractivity contribution in [3.05, 3.63) is 70.3 Å². The van der Waals surface area contributed by atoms with Gasteiger partial charge < -0.3 is 16.2 Å². The summed E-state index contributed by atoms with van der Waals surface area (Å²) in [5, 5.41) is 22.4. The van der Waals surface area contributed by atoms with Crippen molar-refractivity contribution in [3.8, 4) is 0 Å². The number of nitrogens with zero attached hydrogens (tertiary/aromatic N) is 1. The van der Waals surface area contributed by atoms with Gasteiger partial charge in [0, 0.05) is 44.5 Å². The van der Waals surface area contributed by atoms with Crippen LogP contribution >= 0.6 is 0 Å². The number of carbonyl (C=O) groups excluding carboxylic acids is 3. The van der Waals surface area contributed by atoms with E-state index in [0.29, 0.717) is 54.6 Å². The molecule has 5 N–H and O–H groups in total. The van der Waals surface area contributed by atoms with Crippen molar-refractivity contribution in [2.24, 2.45) is 10.7 Å². The van der Waals surface area contributed by atoms with Gasteiger partial charge in [0.05, 0.1) is 11.6 Å². The maximum Gasteiger partial charge on any atom is 0.336 e. The fourth-order valence-electron chi connectivity index (χ4n) is 13.8. The van der Waals surface area contributed by atoms with Gasteiger partial charge in [0.1, 0.15) is 5.84 Å². The van der Waals surface area contributed by atoms with E-state index in [4.69, 9.17) is 10.7 Å². The number of amides is 3. The maximum absolute atomic E-state index is 15.5. The molecule has 6 rings (SSSR count). The number of hydrogen-bond donors (Lipinski definition) is 4. The Bertz CT molecular complexity index is 2780. The lowest BCUT2D eigenvalue weighted by Crippen LogP contribution is -2.35. The largest absolute Gasteiger partial charge is 0.478 e. The molecule has 5 aromatic rings. The average molecular weight is 1150 g/mol. The van der Waals surface area contributed by atoms with Crippen molar-refractivity contribution in [3.63, 3.8) is 0 Å². The molecular weight excluding hydrogens is 1040 g/mol. The van der Waals surface area contributed by atoms with Gasteiger partial charge in [-0.15, -0.1) is 0 Å². The molecule has 0 saturated heterocycles. The normalized spacial score (nSPS) is 13.5. The molecular formula is C75H114N4O5. The SMILES string of the molecule is CCCCCCCCCCCCCC(CCCCCCCCCCC)N=C(N)c1cc(C(=O)O)c2c3ccc4c5c(ccc(c6ccc(C(=O)NC(CCCCCCCCCCC)CCCCCCCCCCCCC)c1c62)c53)C(=O)NC4=O. The summed E-state index contributed by atoms with van der Waals surface area (Å²) >= 11 is 0. The second-order valence-electron chi connectivity index (χ2n) is 25.6. The number of aromatic carboxylic acids is 1. The number of fused-ring (bicyclic) bond motifs is 2. The van der Waals surface area contributed by atoms with E-state index in [-0.39, 0.29) is 29.4 Å². The topological polar surface area (TPSA) is 151 Å². The fourth-order valence-corrected chi connectivity index (χ4v) is 13.8. The highest BCUT2D eigenvalue weighted by Gasteiger charge is 2.31. The predicted octanol–water partition coefficient (Wildman–Crippen LogP) is 21.7. The Morgan fingerprint density at radius 3 is 1.18 bits per heavy atom. The summed E-state index contributed by atoms with van der Waals surface area (Å²) in [4.78, 5) is 61.6. The number of rotatable bonds is 49. The van der Waals surface area contributed by atoms with E-state index >= 15 is 4.79 Å². The fraction of sp³-hybridized carbons (Fsp3) is 0.667. The molecule has 9 heteroatoms. The van der Waals surface area contributed by atoms with Crippen LogP contribution in [-0.4, -0.2) is 46.7 Å². The molecule has 0 aromatic heterocycles. The summed E-state index contributed by atoms with van der Waals surface area (Å²) in [5.74, 6) is -2.00. The van der Waals surface area contributed by atoms with E-state index in [9.17, 15) is 19.5 Å². The van der Waals surface area contributed by atoms with Crippen molar-refractivity contribution >= 4 is 72.6 Å². The summed E-state index contributed by atoms with van der Waals surface area (Å²) in [6.45, 7) is 9.08. The van der Waals surface area contributed by atoms with Crippen LogP contribution in [0.1, 0.15) is 357 Å². The number of imide groups is 1. The summed E-state index contributed by atoms with van der Waals surface area (Å²) < 4.78 is 0. The smallest absolute Gasteiger partial charge is 0.336 e. The average Bonchev–Trinajstić information content (AvgIpc) is 1.35. The minimum absolute atomic E-state index is 0.0115. The minimum Gasteiger partial charge on any atom is -0.478 e. The number of nitrogens with one attached hydrogen (secondary N) is 2. The standard InChI is InChI=1S/C75H114N4O5/c1-5-9-13-17-21-25-27-31-35-38-42-46-56(45-41-37-33-29-23-19-15-11-7-3)77-71(76)64-55-65(75(83)84)67-60-51-54-62-68-61(73(81)79-74(62)82)52-49-58(66(60)68)59-50-53-63(69(64)70(59)67)72(80)78-57(47-43-39-34-30-24-20-16-12-8-4)48-44-40-36-32-28-26-22-18-14-10-6-2/h49-57H,5-48H2,1-4H3,(H2,76,77)(H,78,80)(H,83,84)(H,79,81,82). The molecule has 1 aliphatic rings. The molecule has 1 heterocycles. The van der Waals surface area contributed by atoms with Crippen molar-refractivity contribution in [1.82, 2.24) is 10.6 Å². The monoisotopic (exact) mass is 1150 g/mol. The first-order valence-electron chi connectivity index (χ1n) is 35.1. The minimum atomic E-state index is -1.13. The lowest BCUT2D eigenvalue weighted by Gasteiger charge is -2.24. The van der Waals surface area contributed by atoms with Crippen LogP contribution in [0.5, 0.6) is 0 Å². The third kappa shape index (κ3) is 20.8. The maximum atomic E-state index is 15.5. The van der Waals surface area contributed by atoms with E-state index in [1.807, 2.05) is 24.3 Å². The molecule has 0 radical (unpaired) electrons. The summed E-state index contributed by atoms with van der Waals surface area (Å²) in [6, 6.07) is 12.6. The van der Waals surface area contributed by atoms with Crippen molar-refractivity contribution in [2.45, 2.75) is 322 Å². The van der Waals surface area contributed by atoms with Gasteiger partial charge >= 0.3 is 5.97 Å². The molecule has 3 amide bonds. The zero-order valence-corrected chi connectivity index (χ0v) is 53.4. The number of aliphatic imine (C=N–C) groups is 1. The summed E-state index contributed by atoms with van der Waals surface area (Å²) in [5.41, 5.74) is 9.13. The van der Waals surface area contributed by atoms with E-state index < -0.39 is 17.8 Å². The number of carbonyl (C=O) groups is 4. The first-order valence-corrected chi connectivity index (χ1v) is 35.1. The van der Waals surface area contributed by atoms with Crippen LogP contribution in [0, 0.1) is 0 Å². The quantitative estimate of drug-likeness (QED) is 0.00760. The Morgan fingerprint density at radius 1 is 0.417 bits per heavy atom. The molecule has 0 aliphatic carbocycles. The molecule has 5 aromatic carbocycles. The lowest BCUT2D eigenvalue weighted by molar-refractivity contribution is 0.0697. The van der Waals surface area contributed by atoms with Crippen molar-refractivity contribution in [1.29, 1.82) is 0 Å². The van der Waals surface area contributed by atoms with Gasteiger partial charge in [-0.25, -0.2) is 4.79 Å². The number of unbranched alkanes of at least 4 members (excludes halogenated alkanes) is 36. The molecule has 0 saturated carbocycles. The highest BCUT2D eigenvalue weighted by Crippen LogP contribution is 2.46. The molecule has 1 aliphatic heterocycles. The van der Waals surface area contributed by atoms with Gasteiger partial charge in [0.15, 0.2) is 0 Å². The van der Waals surface area contributed by atoms with E-state index in [1.165, 1.54) is 205 Å². The van der Waals surface area contributed by atoms with Crippen LogP contribution in [-0.2, 0) is 0 Å². The van der Waals surface area contributed by atoms with Gasteiger partial charge in [0.2, 0.25) is 0 Å². The second-order valence-corrected chi connectivity index (χ2v) is 25.6. The van der Waals surface area contributed by atoms with E-state index in [1.54, 1.807) is 18.2 Å². The van der Waals surface area contributed by atoms with Gasteiger partial charge in [-0.1, -0.05) is 303 Å². The number of nitrogens with two attached hydrogens (primary N) is 1. The zero-order chi connectivity index (χ0) is 59.7. The highest BCUT2D eigenvalue weighted by atomic mass is 16.4. The van der Waals surface area contributed by atoms with Gasteiger partial charge in [-0.05, 0) is 76.9 Å². The van der Waals surface area contributed by atoms with Gasteiger partial charge in [-0.3, -0.25) is 24.7 Å². The van der Waals surface area contributed by atoms with E-state index in [0.717, 1.165) is 87.8 Å². The molecule has 2 unspecified atom stereocenters. The zero-order valence-electron chi connectivity index (χ0n) is 53.4. The van der Waals surface area contributed by atoms with Crippen LogP contribution < -0.4 is 16.4 Å². The molecule has 0 fully saturated rings. The third-order valence-corrected chi connectivity index (χ3v) is 18.7. The van der Waals surface area contributed by atoms with Gasteiger partial charge in [0.25, 0.3) is 17.7 Å². The van der Waals surface area contributed by atoms with Crippen LogP contribution in [0.25, 0.3) is 43.1 Å². The Hall–Kier alpha value is -5.05. The summed E-state index contributed by atoms with van der Waals surface area (Å²) in [6.07, 6.45) is 53.8. The second kappa shape index (κ2) is 38.9. The van der Waals surface area contributed by atoms with Crippen LogP contribution in [0.15, 0.2) is 47.5 Å². The Labute approximate surface area is 508 Å². The Morgan fingerprint density at radius 2 is 0.774 bits per heavy atom. The Balaban J connectivity index is 1.36. The molecule has 9 nitrogen and oxygen atoms in total. The third-order valence-electron chi connectivity index (χ3n) is 18.7. The van der Waals surface area contributed by atoms with E-state index in [2.05, 4.69) is 38.3 Å². The number of carboxylic acids is 1. The first kappa shape index (κ1) is 68.1. The van der Waals surface area contributed by atoms with Crippen molar-refractivity contribution < 1.29 is 24.3 Å². The highest BCUT2D eigenvalue weighted by molar-refractivity contribution is 6.42. The molecule has 84 heavy (non-hydrogen) atoms. The Kier molecular flexibility index (Phi) is 31.5. The lowest BCUT2D eigenvalue weighted by atomic mass is 9.81. The van der Waals surface area contributed by atoms with Crippen LogP contribution in [0.4, 0.5) is 0 Å². The molecule has 2 atom stereocenters. The first-order chi connectivity index (χ1) is 41.1. The molecule has 0 bridgehead atoms. The van der Waals surface area contributed by atoms with Gasteiger partial charge in [-0.2, -0.15) is 0 Å². The number of hydrogen-bond acceptors (Lipinski definition) is 5. The molecule has 0 spiro atoms. The number of carboxylic acid groups (broad SMARTS) is 1. The van der Waals surface area contributed by atoms with Crippen molar-refractivity contribution in [2.75, 3.05) is 0 Å². The molecule has 464 valence electrons. The van der Waals surface area contributed by atoms with Crippen LogP contribution in [0.2, 0.25) is 0 Å². The predicted molar refractivity (Wildman–Crippen MR) is 358 cm³/mol. The number of amidine groups is 1. The van der Waals surface area contributed by atoms with Crippen LogP contribution in [0.3, 0.4) is 0 Å².